The van der Waals surface area contributed by atoms with Crippen LogP contribution in [-0.2, 0) is 0 Å². The molecule has 0 bridgehead atoms. The minimum absolute atomic E-state index is 0.418. The lowest BCUT2D eigenvalue weighted by Crippen LogP contribution is -2.25. The molecule has 4 nitrogen and oxygen atoms in total. The molecular formula is C19H29NO3. The number of hydrogen-bond donors (Lipinski definition) is 3. The van der Waals surface area contributed by atoms with Crippen LogP contribution >= 0.6 is 0 Å². The number of rotatable bonds is 8. The summed E-state index contributed by atoms with van der Waals surface area (Å²) in [5.41, 5.74) is 5.96. The second kappa shape index (κ2) is 9.57. The van der Waals surface area contributed by atoms with Gasteiger partial charge in [0.2, 0.25) is 0 Å². The van der Waals surface area contributed by atoms with E-state index in [4.69, 9.17) is 10.5 Å². The lowest BCUT2D eigenvalue weighted by Gasteiger charge is -2.20. The molecule has 0 spiro atoms. The Balaban J connectivity index is 3.15. The summed E-state index contributed by atoms with van der Waals surface area (Å²) in [6, 6.07) is 5.41. The molecule has 1 aromatic rings. The molecule has 0 aliphatic carbocycles. The Morgan fingerprint density at radius 2 is 1.91 bits per heavy atom. The van der Waals surface area contributed by atoms with Crippen molar-refractivity contribution in [1.82, 2.24) is 0 Å². The van der Waals surface area contributed by atoms with Crippen molar-refractivity contribution in [2.75, 3.05) is 13.7 Å². The van der Waals surface area contributed by atoms with E-state index < -0.39 is 11.7 Å². The summed E-state index contributed by atoms with van der Waals surface area (Å²) in [5, 5.41) is 20.7. The van der Waals surface area contributed by atoms with Gasteiger partial charge in [-0.15, -0.1) is 0 Å². The van der Waals surface area contributed by atoms with Crippen molar-refractivity contribution in [2.45, 2.75) is 57.7 Å². The average Bonchev–Trinajstić information content (AvgIpc) is 2.53. The fourth-order valence-corrected chi connectivity index (χ4v) is 2.62. The van der Waals surface area contributed by atoms with Crippen molar-refractivity contribution in [1.29, 1.82) is 0 Å². The average molecular weight is 319 g/mol. The van der Waals surface area contributed by atoms with Gasteiger partial charge < -0.3 is 20.7 Å². The maximum Gasteiger partial charge on any atom is 0.134 e. The van der Waals surface area contributed by atoms with E-state index in [-0.39, 0.29) is 0 Å². The van der Waals surface area contributed by atoms with Crippen LogP contribution in [0.3, 0.4) is 0 Å². The van der Waals surface area contributed by atoms with E-state index in [0.29, 0.717) is 37.1 Å². The zero-order valence-electron chi connectivity index (χ0n) is 14.4. The van der Waals surface area contributed by atoms with Crippen molar-refractivity contribution in [2.24, 2.45) is 5.73 Å². The molecule has 1 unspecified atom stereocenters. The summed E-state index contributed by atoms with van der Waals surface area (Å²) in [6.07, 6.45) is 2.91. The second-order valence-electron chi connectivity index (χ2n) is 5.83. The van der Waals surface area contributed by atoms with Crippen LogP contribution in [0.15, 0.2) is 18.2 Å². The van der Waals surface area contributed by atoms with Crippen LogP contribution in [0, 0.1) is 11.8 Å². The van der Waals surface area contributed by atoms with Crippen molar-refractivity contribution < 1.29 is 14.9 Å². The number of aliphatic hydroxyl groups is 2. The van der Waals surface area contributed by atoms with E-state index in [0.717, 1.165) is 18.4 Å². The van der Waals surface area contributed by atoms with Crippen LogP contribution in [0.5, 0.6) is 5.75 Å². The highest BCUT2D eigenvalue weighted by atomic mass is 16.5. The first-order valence-corrected chi connectivity index (χ1v) is 8.31. The topological polar surface area (TPSA) is 75.7 Å². The molecular weight excluding hydrogens is 290 g/mol. The fourth-order valence-electron chi connectivity index (χ4n) is 2.62. The quantitative estimate of drug-likeness (QED) is 0.644. The Morgan fingerprint density at radius 3 is 2.43 bits per heavy atom. The molecule has 128 valence electrons. The molecule has 4 N–H and O–H groups in total. The molecule has 0 aliphatic heterocycles. The summed E-state index contributed by atoms with van der Waals surface area (Å²) in [4.78, 5) is 0. The van der Waals surface area contributed by atoms with Gasteiger partial charge in [0.05, 0.1) is 18.8 Å². The van der Waals surface area contributed by atoms with Crippen LogP contribution in [0.25, 0.3) is 0 Å². The first kappa shape index (κ1) is 19.5. The third-order valence-electron chi connectivity index (χ3n) is 3.81. The van der Waals surface area contributed by atoms with Crippen LogP contribution in [0.4, 0.5) is 0 Å². The maximum atomic E-state index is 10.6. The number of hydrogen-bond acceptors (Lipinski definition) is 4. The van der Waals surface area contributed by atoms with Gasteiger partial charge in [0.25, 0.3) is 0 Å². The van der Waals surface area contributed by atoms with Gasteiger partial charge in [-0.2, -0.15) is 0 Å². The number of benzene rings is 1. The molecule has 1 aromatic carbocycles. The second-order valence-corrected chi connectivity index (χ2v) is 5.83. The van der Waals surface area contributed by atoms with Crippen LogP contribution < -0.4 is 10.5 Å². The number of aliphatic hydroxyl groups excluding tert-OH is 1. The molecule has 0 saturated carbocycles. The molecule has 1 rings (SSSR count). The Bertz CT molecular complexity index is 539. The van der Waals surface area contributed by atoms with Crippen LogP contribution in [0.1, 0.15) is 63.2 Å². The molecule has 4 heteroatoms. The molecule has 0 heterocycles. The highest BCUT2D eigenvalue weighted by Gasteiger charge is 2.21. The Labute approximate surface area is 139 Å². The zero-order valence-corrected chi connectivity index (χ0v) is 14.4. The summed E-state index contributed by atoms with van der Waals surface area (Å²) >= 11 is 0. The molecule has 0 saturated heterocycles. The lowest BCUT2D eigenvalue weighted by molar-refractivity contribution is 0.0807. The molecule has 1 atom stereocenters. The van der Waals surface area contributed by atoms with Crippen molar-refractivity contribution >= 4 is 0 Å². The molecule has 23 heavy (non-hydrogen) atoms. The monoisotopic (exact) mass is 319 g/mol. The van der Waals surface area contributed by atoms with Gasteiger partial charge in [0, 0.05) is 0 Å². The third kappa shape index (κ3) is 5.87. The molecule has 0 amide bonds. The fraction of sp³-hybridized carbons (Fsp3) is 0.579. The van der Waals surface area contributed by atoms with Gasteiger partial charge in [0.15, 0.2) is 0 Å². The Kier molecular flexibility index (Phi) is 8.11. The number of ether oxygens (including phenoxy) is 1. The van der Waals surface area contributed by atoms with Crippen molar-refractivity contribution in [3.63, 3.8) is 0 Å². The minimum atomic E-state index is -0.972. The molecule has 0 aliphatic rings. The Hall–Kier alpha value is -1.54. The molecule has 0 fully saturated rings. The summed E-state index contributed by atoms with van der Waals surface area (Å²) in [7, 11) is 1.58. The standard InChI is InChI=1S/C19H29NO3/c1-4-10-19(22,11-5-2)12-8-16-14-15(17(21)9-13-20)6-7-18(16)23-3/h6-7,14,17,21-22H,4-5,9-11,13,20H2,1-3H3. The maximum absolute atomic E-state index is 10.6. The highest BCUT2D eigenvalue weighted by molar-refractivity contribution is 5.49. The summed E-state index contributed by atoms with van der Waals surface area (Å²) < 4.78 is 5.33. The molecule has 0 aromatic heterocycles. The zero-order chi connectivity index (χ0) is 17.3. The number of methoxy groups -OCH3 is 1. The van der Waals surface area contributed by atoms with Crippen LogP contribution in [-0.4, -0.2) is 29.5 Å². The third-order valence-corrected chi connectivity index (χ3v) is 3.81. The van der Waals surface area contributed by atoms with Gasteiger partial charge in [0.1, 0.15) is 11.4 Å². The Morgan fingerprint density at radius 1 is 1.26 bits per heavy atom. The molecule has 0 radical (unpaired) electrons. The predicted molar refractivity (Wildman–Crippen MR) is 93.3 cm³/mol. The first-order chi connectivity index (χ1) is 11.0. The van der Waals surface area contributed by atoms with E-state index >= 15 is 0 Å². The first-order valence-electron chi connectivity index (χ1n) is 8.31. The minimum Gasteiger partial charge on any atom is -0.495 e. The van der Waals surface area contributed by atoms with E-state index in [9.17, 15) is 10.2 Å². The highest BCUT2D eigenvalue weighted by Crippen LogP contribution is 2.25. The summed E-state index contributed by atoms with van der Waals surface area (Å²) in [5.74, 6) is 6.69. The lowest BCUT2D eigenvalue weighted by atomic mass is 9.93. The van der Waals surface area contributed by atoms with Gasteiger partial charge in [-0.25, -0.2) is 0 Å². The van der Waals surface area contributed by atoms with E-state index in [1.807, 2.05) is 26.0 Å². The summed E-state index contributed by atoms with van der Waals surface area (Å²) in [6.45, 7) is 4.49. The smallest absolute Gasteiger partial charge is 0.134 e. The van der Waals surface area contributed by atoms with Gasteiger partial charge in [-0.3, -0.25) is 0 Å². The normalized spacial score (nSPS) is 12.4. The van der Waals surface area contributed by atoms with E-state index in [1.54, 1.807) is 13.2 Å². The van der Waals surface area contributed by atoms with E-state index in [1.165, 1.54) is 0 Å². The van der Waals surface area contributed by atoms with Crippen molar-refractivity contribution in [3.05, 3.63) is 29.3 Å². The van der Waals surface area contributed by atoms with E-state index in [2.05, 4.69) is 11.8 Å². The van der Waals surface area contributed by atoms with Crippen LogP contribution in [0.2, 0.25) is 0 Å². The van der Waals surface area contributed by atoms with Gasteiger partial charge in [-0.1, -0.05) is 44.6 Å². The van der Waals surface area contributed by atoms with Crippen molar-refractivity contribution in [3.8, 4) is 17.6 Å². The SMILES string of the molecule is CCCC(O)(C#Cc1cc(C(O)CCN)ccc1OC)CCC. The largest absolute Gasteiger partial charge is 0.495 e. The van der Waals surface area contributed by atoms with Gasteiger partial charge in [-0.05, 0) is 43.5 Å². The number of nitrogens with two attached hydrogens (primary N) is 1. The predicted octanol–water partition coefficient (Wildman–Crippen LogP) is 2.76. The van der Waals surface area contributed by atoms with Gasteiger partial charge >= 0.3 is 0 Å².